The molecule has 0 amide bonds. The first kappa shape index (κ1) is 11.0. The van der Waals surface area contributed by atoms with Crippen LogP contribution in [0, 0.1) is 17.8 Å². The molecule has 0 bridgehead atoms. The Kier molecular flexibility index (Phi) is 3.39. The summed E-state index contributed by atoms with van der Waals surface area (Å²) in [6.07, 6.45) is 0. The quantitative estimate of drug-likeness (QED) is 0.636. The molecule has 3 unspecified atom stereocenters. The average molecular weight is 183 g/mol. The minimum Gasteiger partial charge on any atom is -0.298 e. The summed E-state index contributed by atoms with van der Waals surface area (Å²) in [5.41, 5.74) is 0. The van der Waals surface area contributed by atoms with Crippen LogP contribution in [0.2, 0.25) is 0 Å². The van der Waals surface area contributed by atoms with Gasteiger partial charge in [-0.3, -0.25) is 4.90 Å². The van der Waals surface area contributed by atoms with E-state index in [1.165, 1.54) is 6.54 Å². The molecular formula is C12H25N. The summed E-state index contributed by atoms with van der Waals surface area (Å²) in [6.45, 7) is 15.4. The van der Waals surface area contributed by atoms with Crippen LogP contribution in [-0.2, 0) is 0 Å². The SMILES string of the molecule is CC(C)C1CN(C(C)C)C(C)C1C. The first-order chi connectivity index (χ1) is 5.95. The van der Waals surface area contributed by atoms with E-state index in [1.807, 2.05) is 0 Å². The zero-order chi connectivity index (χ0) is 10.2. The Balaban J connectivity index is 2.66. The van der Waals surface area contributed by atoms with Gasteiger partial charge in [-0.25, -0.2) is 0 Å². The van der Waals surface area contributed by atoms with Crippen LogP contribution < -0.4 is 0 Å². The molecule has 13 heavy (non-hydrogen) atoms. The molecule has 0 aliphatic carbocycles. The summed E-state index contributed by atoms with van der Waals surface area (Å²) in [5.74, 6) is 2.60. The van der Waals surface area contributed by atoms with E-state index >= 15 is 0 Å². The Bertz CT molecular complexity index is 145. The second-order valence-corrected chi connectivity index (χ2v) is 5.30. The number of rotatable bonds is 2. The molecule has 1 aliphatic heterocycles. The number of hydrogen-bond donors (Lipinski definition) is 0. The predicted molar refractivity (Wildman–Crippen MR) is 58.8 cm³/mol. The highest BCUT2D eigenvalue weighted by molar-refractivity contribution is 4.90. The van der Waals surface area contributed by atoms with E-state index in [9.17, 15) is 0 Å². The molecule has 0 spiro atoms. The Morgan fingerprint density at radius 1 is 1.08 bits per heavy atom. The van der Waals surface area contributed by atoms with Gasteiger partial charge in [-0.05, 0) is 38.5 Å². The lowest BCUT2D eigenvalue weighted by Crippen LogP contribution is -2.35. The van der Waals surface area contributed by atoms with Gasteiger partial charge in [0.25, 0.3) is 0 Å². The van der Waals surface area contributed by atoms with Crippen LogP contribution in [0.4, 0.5) is 0 Å². The van der Waals surface area contributed by atoms with Crippen molar-refractivity contribution in [3.8, 4) is 0 Å². The maximum absolute atomic E-state index is 2.65. The van der Waals surface area contributed by atoms with Gasteiger partial charge in [-0.1, -0.05) is 20.8 Å². The fraction of sp³-hybridized carbons (Fsp3) is 1.00. The fourth-order valence-corrected chi connectivity index (χ4v) is 2.73. The molecule has 3 atom stereocenters. The van der Waals surface area contributed by atoms with Gasteiger partial charge >= 0.3 is 0 Å². The second-order valence-electron chi connectivity index (χ2n) is 5.30. The molecule has 0 aromatic rings. The number of hydrogen-bond acceptors (Lipinski definition) is 1. The lowest BCUT2D eigenvalue weighted by atomic mass is 9.85. The normalized spacial score (nSPS) is 36.5. The zero-order valence-corrected chi connectivity index (χ0v) is 10.0. The first-order valence-electron chi connectivity index (χ1n) is 5.70. The van der Waals surface area contributed by atoms with Crippen molar-refractivity contribution in [1.82, 2.24) is 4.90 Å². The minimum atomic E-state index is 0.709. The highest BCUT2D eigenvalue weighted by Crippen LogP contribution is 2.35. The second kappa shape index (κ2) is 4.00. The molecule has 0 N–H and O–H groups in total. The highest BCUT2D eigenvalue weighted by Gasteiger charge is 2.38. The standard InChI is InChI=1S/C12H25N/c1-8(2)12-7-13(9(3)4)11(6)10(12)5/h8-12H,7H2,1-6H3. The Morgan fingerprint density at radius 3 is 1.85 bits per heavy atom. The molecule has 0 aromatic carbocycles. The Morgan fingerprint density at radius 2 is 1.62 bits per heavy atom. The van der Waals surface area contributed by atoms with E-state index in [0.717, 1.165) is 23.8 Å². The largest absolute Gasteiger partial charge is 0.298 e. The van der Waals surface area contributed by atoms with Gasteiger partial charge in [-0.2, -0.15) is 0 Å². The summed E-state index contributed by atoms with van der Waals surface area (Å²) in [7, 11) is 0. The number of nitrogens with zero attached hydrogens (tertiary/aromatic N) is 1. The summed E-state index contributed by atoms with van der Waals surface area (Å²) in [5, 5.41) is 0. The van der Waals surface area contributed by atoms with E-state index in [2.05, 4.69) is 46.4 Å². The van der Waals surface area contributed by atoms with Gasteiger partial charge in [0.15, 0.2) is 0 Å². The topological polar surface area (TPSA) is 3.24 Å². The third-order valence-electron chi connectivity index (χ3n) is 3.90. The van der Waals surface area contributed by atoms with Gasteiger partial charge in [0.2, 0.25) is 0 Å². The lowest BCUT2D eigenvalue weighted by molar-refractivity contribution is 0.199. The molecule has 1 heterocycles. The number of likely N-dealkylation sites (tertiary alicyclic amines) is 1. The zero-order valence-electron chi connectivity index (χ0n) is 10.0. The molecule has 0 aromatic heterocycles. The Hall–Kier alpha value is -0.0400. The molecule has 1 nitrogen and oxygen atoms in total. The first-order valence-corrected chi connectivity index (χ1v) is 5.70. The molecule has 1 heteroatoms. The van der Waals surface area contributed by atoms with Crippen LogP contribution in [0.3, 0.4) is 0 Å². The van der Waals surface area contributed by atoms with Crippen LogP contribution >= 0.6 is 0 Å². The monoisotopic (exact) mass is 183 g/mol. The summed E-state index contributed by atoms with van der Waals surface area (Å²) in [6, 6.07) is 1.48. The van der Waals surface area contributed by atoms with E-state index in [0.29, 0.717) is 6.04 Å². The van der Waals surface area contributed by atoms with Crippen molar-refractivity contribution in [2.75, 3.05) is 6.54 Å². The molecule has 1 aliphatic rings. The van der Waals surface area contributed by atoms with Gasteiger partial charge in [-0.15, -0.1) is 0 Å². The van der Waals surface area contributed by atoms with Gasteiger partial charge in [0, 0.05) is 18.6 Å². The summed E-state index contributed by atoms with van der Waals surface area (Å²) >= 11 is 0. The van der Waals surface area contributed by atoms with E-state index < -0.39 is 0 Å². The average Bonchev–Trinajstić information content (AvgIpc) is 2.29. The van der Waals surface area contributed by atoms with Crippen molar-refractivity contribution in [2.24, 2.45) is 17.8 Å². The molecule has 1 fully saturated rings. The maximum Gasteiger partial charge on any atom is 0.00986 e. The van der Waals surface area contributed by atoms with Gasteiger partial charge in [0.1, 0.15) is 0 Å². The van der Waals surface area contributed by atoms with Crippen LogP contribution in [0.1, 0.15) is 41.5 Å². The molecule has 0 radical (unpaired) electrons. The Labute approximate surface area is 83.5 Å². The fourth-order valence-electron chi connectivity index (χ4n) is 2.73. The third-order valence-corrected chi connectivity index (χ3v) is 3.90. The molecular weight excluding hydrogens is 158 g/mol. The molecule has 1 rings (SSSR count). The van der Waals surface area contributed by atoms with Crippen molar-refractivity contribution in [3.63, 3.8) is 0 Å². The summed E-state index contributed by atoms with van der Waals surface area (Å²) in [4.78, 5) is 2.65. The highest BCUT2D eigenvalue weighted by atomic mass is 15.2. The van der Waals surface area contributed by atoms with Crippen molar-refractivity contribution >= 4 is 0 Å². The van der Waals surface area contributed by atoms with Crippen LogP contribution in [0.15, 0.2) is 0 Å². The minimum absolute atomic E-state index is 0.709. The van der Waals surface area contributed by atoms with E-state index in [-0.39, 0.29) is 0 Å². The predicted octanol–water partition coefficient (Wildman–Crippen LogP) is 3.01. The summed E-state index contributed by atoms with van der Waals surface area (Å²) < 4.78 is 0. The smallest absolute Gasteiger partial charge is 0.00986 e. The van der Waals surface area contributed by atoms with Gasteiger partial charge in [0.05, 0.1) is 0 Å². The van der Waals surface area contributed by atoms with Crippen molar-refractivity contribution in [1.29, 1.82) is 0 Å². The lowest BCUT2D eigenvalue weighted by Gasteiger charge is -2.26. The van der Waals surface area contributed by atoms with E-state index in [1.54, 1.807) is 0 Å². The van der Waals surface area contributed by atoms with Crippen molar-refractivity contribution < 1.29 is 0 Å². The third kappa shape index (κ3) is 2.07. The molecule has 0 saturated carbocycles. The van der Waals surface area contributed by atoms with Crippen LogP contribution in [-0.4, -0.2) is 23.5 Å². The van der Waals surface area contributed by atoms with Crippen LogP contribution in [0.5, 0.6) is 0 Å². The molecule has 78 valence electrons. The van der Waals surface area contributed by atoms with Crippen molar-refractivity contribution in [2.45, 2.75) is 53.6 Å². The molecule has 1 saturated heterocycles. The van der Waals surface area contributed by atoms with Gasteiger partial charge < -0.3 is 0 Å². The maximum atomic E-state index is 2.65. The van der Waals surface area contributed by atoms with E-state index in [4.69, 9.17) is 0 Å². The van der Waals surface area contributed by atoms with Crippen molar-refractivity contribution in [3.05, 3.63) is 0 Å². The van der Waals surface area contributed by atoms with Crippen LogP contribution in [0.25, 0.3) is 0 Å².